The van der Waals surface area contributed by atoms with Crippen molar-refractivity contribution >= 4 is 29.3 Å². The highest BCUT2D eigenvalue weighted by atomic mass is 32.2. The first-order valence-electron chi connectivity index (χ1n) is 4.74. The van der Waals surface area contributed by atoms with Crippen molar-refractivity contribution in [1.82, 2.24) is 9.97 Å². The third kappa shape index (κ3) is 4.30. The number of anilines is 1. The van der Waals surface area contributed by atoms with E-state index in [2.05, 4.69) is 36.1 Å². The second-order valence-electron chi connectivity index (χ2n) is 4.04. The Bertz CT molecular complexity index is 312. The third-order valence-corrected chi connectivity index (χ3v) is 3.11. The van der Waals surface area contributed by atoms with Crippen LogP contribution >= 0.6 is 23.5 Å². The Morgan fingerprint density at radius 2 is 1.93 bits per heavy atom. The van der Waals surface area contributed by atoms with Crippen LogP contribution in [0.15, 0.2) is 16.2 Å². The van der Waals surface area contributed by atoms with Gasteiger partial charge in [-0.3, -0.25) is 0 Å². The number of nitrogens with zero attached hydrogens (tertiary/aromatic N) is 2. The highest BCUT2D eigenvalue weighted by Crippen LogP contribution is 2.32. The summed E-state index contributed by atoms with van der Waals surface area (Å²) in [6.45, 7) is 6.53. The quantitative estimate of drug-likeness (QED) is 0.501. The summed E-state index contributed by atoms with van der Waals surface area (Å²) in [6, 6.07) is 1.98. The van der Waals surface area contributed by atoms with Gasteiger partial charge >= 0.3 is 0 Å². The van der Waals surface area contributed by atoms with Gasteiger partial charge in [0, 0.05) is 17.9 Å². The van der Waals surface area contributed by atoms with E-state index in [9.17, 15) is 0 Å². The lowest BCUT2D eigenvalue weighted by Gasteiger charge is -2.17. The van der Waals surface area contributed by atoms with E-state index < -0.39 is 0 Å². The molecule has 0 aromatic carbocycles. The van der Waals surface area contributed by atoms with Crippen molar-refractivity contribution in [3.8, 4) is 0 Å². The molecule has 0 atom stereocenters. The average Bonchev–Trinajstić information content (AvgIpc) is 2.14. The maximum Gasteiger partial charge on any atom is 0.190 e. The van der Waals surface area contributed by atoms with Crippen LogP contribution in [0, 0.1) is 0 Å². The van der Waals surface area contributed by atoms with E-state index in [0.29, 0.717) is 0 Å². The average molecular weight is 243 g/mol. The van der Waals surface area contributed by atoms with Crippen molar-refractivity contribution in [2.24, 2.45) is 0 Å². The van der Waals surface area contributed by atoms with Crippen LogP contribution in [-0.2, 0) is 0 Å². The summed E-state index contributed by atoms with van der Waals surface area (Å²) in [6.07, 6.45) is 1.99. The van der Waals surface area contributed by atoms with Crippen molar-refractivity contribution in [3.63, 3.8) is 0 Å². The first-order chi connectivity index (χ1) is 6.94. The van der Waals surface area contributed by atoms with Crippen LogP contribution in [0.3, 0.4) is 0 Å². The minimum atomic E-state index is 0.176. The molecule has 1 aromatic heterocycles. The van der Waals surface area contributed by atoms with Gasteiger partial charge in [-0.2, -0.15) is 0 Å². The monoisotopic (exact) mass is 243 g/mol. The number of hydrogen-bond donors (Lipinski definition) is 1. The van der Waals surface area contributed by atoms with Crippen LogP contribution in [0.25, 0.3) is 0 Å². The second kappa shape index (κ2) is 5.07. The van der Waals surface area contributed by atoms with Gasteiger partial charge < -0.3 is 5.32 Å². The molecule has 0 amide bonds. The Morgan fingerprint density at radius 3 is 2.40 bits per heavy atom. The van der Waals surface area contributed by atoms with Gasteiger partial charge in [-0.25, -0.2) is 9.97 Å². The van der Waals surface area contributed by atoms with Crippen LogP contribution in [0.4, 0.5) is 5.82 Å². The highest BCUT2D eigenvalue weighted by molar-refractivity contribution is 8.00. The van der Waals surface area contributed by atoms with Crippen molar-refractivity contribution in [1.29, 1.82) is 0 Å². The molecule has 84 valence electrons. The summed E-state index contributed by atoms with van der Waals surface area (Å²) in [4.78, 5) is 8.79. The molecule has 3 nitrogen and oxygen atoms in total. The molecule has 1 heterocycles. The molecular weight excluding hydrogens is 226 g/mol. The molecule has 0 saturated heterocycles. The SMILES string of the molecule is CNc1cc(SC(C)(C)C)nc(SC)n1. The molecule has 0 saturated carbocycles. The predicted octanol–water partition coefficient (Wildman–Crippen LogP) is 3.13. The number of nitrogens with one attached hydrogen (secondary N) is 1. The van der Waals surface area contributed by atoms with Gasteiger partial charge in [0.05, 0.1) is 0 Å². The normalized spacial score (nSPS) is 11.5. The first kappa shape index (κ1) is 12.6. The Balaban J connectivity index is 2.97. The Morgan fingerprint density at radius 1 is 1.27 bits per heavy atom. The number of aromatic nitrogens is 2. The van der Waals surface area contributed by atoms with Crippen molar-refractivity contribution in [3.05, 3.63) is 6.07 Å². The summed E-state index contributed by atoms with van der Waals surface area (Å²) in [5.74, 6) is 0.876. The molecule has 15 heavy (non-hydrogen) atoms. The molecule has 0 aliphatic rings. The van der Waals surface area contributed by atoms with Gasteiger partial charge in [0.1, 0.15) is 10.8 Å². The molecule has 1 rings (SSSR count). The molecule has 0 unspecified atom stereocenters. The molecule has 0 bridgehead atoms. The maximum atomic E-state index is 4.46. The summed E-state index contributed by atoms with van der Waals surface area (Å²) in [7, 11) is 1.87. The number of thioether (sulfide) groups is 2. The zero-order chi connectivity index (χ0) is 11.5. The fraction of sp³-hybridized carbons (Fsp3) is 0.600. The van der Waals surface area contributed by atoms with E-state index in [1.54, 1.807) is 23.5 Å². The van der Waals surface area contributed by atoms with Gasteiger partial charge in [0.2, 0.25) is 0 Å². The van der Waals surface area contributed by atoms with Gasteiger partial charge in [0.15, 0.2) is 5.16 Å². The molecule has 5 heteroatoms. The van der Waals surface area contributed by atoms with Gasteiger partial charge in [-0.15, -0.1) is 11.8 Å². The Kier molecular flexibility index (Phi) is 4.28. The van der Waals surface area contributed by atoms with Crippen LogP contribution in [0.1, 0.15) is 20.8 Å². The van der Waals surface area contributed by atoms with Gasteiger partial charge in [-0.05, 0) is 6.26 Å². The lowest BCUT2D eigenvalue weighted by atomic mass is 10.3. The van der Waals surface area contributed by atoms with E-state index >= 15 is 0 Å². The second-order valence-corrected chi connectivity index (χ2v) is 6.66. The zero-order valence-electron chi connectivity index (χ0n) is 9.79. The molecule has 0 fully saturated rings. The third-order valence-electron chi connectivity index (χ3n) is 1.53. The van der Waals surface area contributed by atoms with Crippen LogP contribution in [0.2, 0.25) is 0 Å². The minimum absolute atomic E-state index is 0.176. The van der Waals surface area contributed by atoms with E-state index in [1.807, 2.05) is 19.4 Å². The smallest absolute Gasteiger partial charge is 0.190 e. The maximum absolute atomic E-state index is 4.46. The summed E-state index contributed by atoms with van der Waals surface area (Å²) < 4.78 is 0.176. The summed E-state index contributed by atoms with van der Waals surface area (Å²) >= 11 is 3.32. The molecule has 0 radical (unpaired) electrons. The summed E-state index contributed by atoms with van der Waals surface area (Å²) in [5, 5.41) is 4.88. The predicted molar refractivity (Wildman–Crippen MR) is 69.0 cm³/mol. The highest BCUT2D eigenvalue weighted by Gasteiger charge is 2.14. The van der Waals surface area contributed by atoms with E-state index in [1.165, 1.54) is 0 Å². The van der Waals surface area contributed by atoms with Gasteiger partial charge in [0.25, 0.3) is 0 Å². The topological polar surface area (TPSA) is 37.8 Å². The fourth-order valence-corrected chi connectivity index (χ4v) is 2.36. The molecule has 0 spiro atoms. The summed E-state index contributed by atoms with van der Waals surface area (Å²) in [5.41, 5.74) is 0. The number of hydrogen-bond acceptors (Lipinski definition) is 5. The zero-order valence-corrected chi connectivity index (χ0v) is 11.4. The van der Waals surface area contributed by atoms with E-state index in [0.717, 1.165) is 16.0 Å². The largest absolute Gasteiger partial charge is 0.373 e. The molecule has 0 aliphatic carbocycles. The minimum Gasteiger partial charge on any atom is -0.373 e. The van der Waals surface area contributed by atoms with Crippen LogP contribution in [0.5, 0.6) is 0 Å². The Labute approximate surface area is 99.9 Å². The lowest BCUT2D eigenvalue weighted by Crippen LogP contribution is -2.08. The van der Waals surface area contributed by atoms with E-state index in [-0.39, 0.29) is 4.75 Å². The molecule has 1 N–H and O–H groups in total. The van der Waals surface area contributed by atoms with E-state index in [4.69, 9.17) is 0 Å². The van der Waals surface area contributed by atoms with Crippen LogP contribution < -0.4 is 5.32 Å². The molecule has 1 aromatic rings. The fourth-order valence-electron chi connectivity index (χ4n) is 0.989. The Hall–Kier alpha value is -0.420. The van der Waals surface area contributed by atoms with Crippen LogP contribution in [-0.4, -0.2) is 28.0 Å². The van der Waals surface area contributed by atoms with Crippen molar-refractivity contribution in [2.75, 3.05) is 18.6 Å². The molecule has 0 aliphatic heterocycles. The number of rotatable bonds is 3. The van der Waals surface area contributed by atoms with Crippen molar-refractivity contribution < 1.29 is 0 Å². The molecular formula is C10H17N3S2. The first-order valence-corrected chi connectivity index (χ1v) is 6.78. The van der Waals surface area contributed by atoms with Gasteiger partial charge in [-0.1, -0.05) is 32.5 Å². The van der Waals surface area contributed by atoms with Crippen molar-refractivity contribution in [2.45, 2.75) is 35.7 Å². The lowest BCUT2D eigenvalue weighted by molar-refractivity contribution is 0.792. The standard InChI is InChI=1S/C10H17N3S2/c1-10(2,3)15-8-6-7(11-4)12-9(13-8)14-5/h6H,1-5H3,(H,11,12,13).